The number of methoxy groups -OCH3 is 1. The van der Waals surface area contributed by atoms with Gasteiger partial charge in [0.2, 0.25) is 0 Å². The summed E-state index contributed by atoms with van der Waals surface area (Å²) in [5.41, 5.74) is 6.08. The van der Waals surface area contributed by atoms with Crippen LogP contribution >= 0.6 is 11.6 Å². The van der Waals surface area contributed by atoms with E-state index in [9.17, 15) is 8.78 Å². The molecule has 0 fully saturated rings. The Morgan fingerprint density at radius 3 is 2.71 bits per heavy atom. The summed E-state index contributed by atoms with van der Waals surface area (Å²) in [5, 5.41) is 0.882. The van der Waals surface area contributed by atoms with Gasteiger partial charge in [-0.15, -0.1) is 0 Å². The van der Waals surface area contributed by atoms with Crippen LogP contribution in [0.25, 0.3) is 10.9 Å². The molecule has 3 aromatic rings. The zero-order valence-electron chi connectivity index (χ0n) is 12.6. The van der Waals surface area contributed by atoms with E-state index >= 15 is 0 Å². The quantitative estimate of drug-likeness (QED) is 0.711. The summed E-state index contributed by atoms with van der Waals surface area (Å²) in [7, 11) is 1.37. The van der Waals surface area contributed by atoms with Gasteiger partial charge in [0.05, 0.1) is 28.9 Å². The fourth-order valence-corrected chi connectivity index (χ4v) is 2.59. The fraction of sp³-hybridized carbons (Fsp3) is 0.118. The second-order valence-electron chi connectivity index (χ2n) is 5.03. The van der Waals surface area contributed by atoms with Gasteiger partial charge in [0.1, 0.15) is 18.2 Å². The first-order valence-corrected chi connectivity index (χ1v) is 7.36. The first-order chi connectivity index (χ1) is 11.5. The van der Waals surface area contributed by atoms with Crippen LogP contribution in [0.4, 0.5) is 14.5 Å². The molecule has 2 aromatic carbocycles. The van der Waals surface area contributed by atoms with Gasteiger partial charge in [-0.1, -0.05) is 11.6 Å². The lowest BCUT2D eigenvalue weighted by atomic mass is 10.1. The second kappa shape index (κ2) is 6.49. The predicted molar refractivity (Wildman–Crippen MR) is 88.4 cm³/mol. The van der Waals surface area contributed by atoms with E-state index in [-0.39, 0.29) is 34.4 Å². The first-order valence-electron chi connectivity index (χ1n) is 6.98. The molecule has 0 bridgehead atoms. The molecule has 0 atom stereocenters. The van der Waals surface area contributed by atoms with Crippen LogP contribution in [0.3, 0.4) is 0 Å². The molecule has 124 valence electrons. The van der Waals surface area contributed by atoms with Crippen molar-refractivity contribution in [2.24, 2.45) is 0 Å². The molecular weight excluding hydrogens is 338 g/mol. The third-order valence-electron chi connectivity index (χ3n) is 3.55. The van der Waals surface area contributed by atoms with Crippen molar-refractivity contribution in [3.63, 3.8) is 0 Å². The maximum absolute atomic E-state index is 14.3. The highest BCUT2D eigenvalue weighted by Gasteiger charge is 2.15. The van der Waals surface area contributed by atoms with Crippen molar-refractivity contribution in [2.75, 3.05) is 12.8 Å². The number of fused-ring (bicyclic) bond motifs is 1. The Kier molecular flexibility index (Phi) is 4.40. The van der Waals surface area contributed by atoms with Crippen molar-refractivity contribution in [1.82, 2.24) is 4.98 Å². The van der Waals surface area contributed by atoms with Gasteiger partial charge >= 0.3 is 0 Å². The molecule has 1 heterocycles. The Bertz CT molecular complexity index is 919. The predicted octanol–water partition coefficient (Wildman–Crippen LogP) is 4.34. The number of hydrogen-bond acceptors (Lipinski definition) is 4. The van der Waals surface area contributed by atoms with Crippen LogP contribution in [0.1, 0.15) is 5.56 Å². The molecule has 0 aliphatic heterocycles. The van der Waals surface area contributed by atoms with Crippen LogP contribution in [0, 0.1) is 11.6 Å². The lowest BCUT2D eigenvalue weighted by Gasteiger charge is -2.14. The average Bonchev–Trinajstić information content (AvgIpc) is 2.57. The fourth-order valence-electron chi connectivity index (χ4n) is 2.34. The minimum Gasteiger partial charge on any atom is -0.493 e. The smallest absolute Gasteiger partial charge is 0.163 e. The number of halogens is 3. The van der Waals surface area contributed by atoms with Crippen LogP contribution in [0.15, 0.2) is 36.5 Å². The summed E-state index contributed by atoms with van der Waals surface area (Å²) in [5.74, 6) is -0.799. The molecule has 0 aliphatic carbocycles. The van der Waals surface area contributed by atoms with Crippen LogP contribution in [-0.2, 0) is 6.61 Å². The molecule has 4 nitrogen and oxygen atoms in total. The molecule has 1 aromatic heterocycles. The van der Waals surface area contributed by atoms with Gasteiger partial charge in [0, 0.05) is 23.7 Å². The number of ether oxygens (including phenoxy) is 2. The molecule has 0 spiro atoms. The third kappa shape index (κ3) is 2.92. The number of aromatic nitrogens is 1. The maximum atomic E-state index is 14.3. The van der Waals surface area contributed by atoms with Crippen molar-refractivity contribution < 1.29 is 18.3 Å². The third-order valence-corrected chi connectivity index (χ3v) is 3.86. The Balaban J connectivity index is 1.99. The van der Waals surface area contributed by atoms with Gasteiger partial charge in [-0.3, -0.25) is 4.98 Å². The largest absolute Gasteiger partial charge is 0.493 e. The molecule has 2 N–H and O–H groups in total. The topological polar surface area (TPSA) is 57.4 Å². The normalized spacial score (nSPS) is 10.8. The molecule has 0 aliphatic rings. The lowest BCUT2D eigenvalue weighted by Crippen LogP contribution is -2.03. The SMILES string of the molecule is COc1cc(F)c(N)cc1OCc1c(F)cc(Cl)c2cccnc12. The number of benzene rings is 2. The average molecular weight is 351 g/mol. The van der Waals surface area contributed by atoms with Crippen molar-refractivity contribution in [1.29, 1.82) is 0 Å². The number of anilines is 1. The number of hydrogen-bond donors (Lipinski definition) is 1. The second-order valence-corrected chi connectivity index (χ2v) is 5.44. The van der Waals surface area contributed by atoms with Crippen molar-refractivity contribution in [3.8, 4) is 11.5 Å². The lowest BCUT2D eigenvalue weighted by molar-refractivity contribution is 0.280. The van der Waals surface area contributed by atoms with Gasteiger partial charge in [-0.2, -0.15) is 0 Å². The Hall–Kier alpha value is -2.60. The Morgan fingerprint density at radius 1 is 1.17 bits per heavy atom. The number of nitrogens with zero attached hydrogens (tertiary/aromatic N) is 1. The number of nitrogens with two attached hydrogens (primary N) is 1. The van der Waals surface area contributed by atoms with Gasteiger partial charge in [0.15, 0.2) is 11.5 Å². The van der Waals surface area contributed by atoms with Crippen LogP contribution < -0.4 is 15.2 Å². The summed E-state index contributed by atoms with van der Waals surface area (Å²) >= 11 is 6.04. The van der Waals surface area contributed by atoms with E-state index in [1.54, 1.807) is 12.1 Å². The van der Waals surface area contributed by atoms with Gasteiger partial charge in [0.25, 0.3) is 0 Å². The molecule has 3 rings (SSSR count). The van der Waals surface area contributed by atoms with E-state index in [2.05, 4.69) is 4.98 Å². The zero-order valence-corrected chi connectivity index (χ0v) is 13.4. The molecule has 7 heteroatoms. The van der Waals surface area contributed by atoms with E-state index < -0.39 is 11.6 Å². The van der Waals surface area contributed by atoms with E-state index in [0.717, 1.165) is 6.07 Å². The van der Waals surface area contributed by atoms with Crippen molar-refractivity contribution in [2.45, 2.75) is 6.61 Å². The van der Waals surface area contributed by atoms with E-state index in [0.29, 0.717) is 10.9 Å². The van der Waals surface area contributed by atoms with Crippen molar-refractivity contribution in [3.05, 3.63) is 58.7 Å². The van der Waals surface area contributed by atoms with Crippen LogP contribution in [0.5, 0.6) is 11.5 Å². The molecule has 0 saturated carbocycles. The zero-order chi connectivity index (χ0) is 17.3. The highest BCUT2D eigenvalue weighted by atomic mass is 35.5. The standard InChI is InChI=1S/C17H13ClF2N2O2/c1-23-15-6-13(20)14(21)7-16(15)24-8-10-12(19)5-11(18)9-3-2-4-22-17(9)10/h2-7H,8,21H2,1H3. The minimum absolute atomic E-state index is 0.0923. The number of rotatable bonds is 4. The summed E-state index contributed by atoms with van der Waals surface area (Å²) < 4.78 is 38.4. The first kappa shape index (κ1) is 16.3. The summed E-state index contributed by atoms with van der Waals surface area (Å²) in [6.07, 6.45) is 1.54. The highest BCUT2D eigenvalue weighted by molar-refractivity contribution is 6.35. The van der Waals surface area contributed by atoms with Crippen LogP contribution in [0.2, 0.25) is 5.02 Å². The van der Waals surface area contributed by atoms with E-state index in [4.69, 9.17) is 26.8 Å². The summed E-state index contributed by atoms with van der Waals surface area (Å²) in [6, 6.07) is 7.06. The summed E-state index contributed by atoms with van der Waals surface area (Å²) in [6.45, 7) is -0.141. The van der Waals surface area contributed by atoms with E-state index in [1.807, 2.05) is 0 Å². The molecule has 0 radical (unpaired) electrons. The maximum Gasteiger partial charge on any atom is 0.163 e. The summed E-state index contributed by atoms with van der Waals surface area (Å²) in [4.78, 5) is 4.17. The van der Waals surface area contributed by atoms with Crippen LogP contribution in [-0.4, -0.2) is 12.1 Å². The minimum atomic E-state index is -0.621. The monoisotopic (exact) mass is 350 g/mol. The van der Waals surface area contributed by atoms with Gasteiger partial charge < -0.3 is 15.2 Å². The highest BCUT2D eigenvalue weighted by Crippen LogP contribution is 2.33. The number of nitrogen functional groups attached to an aromatic ring is 1. The van der Waals surface area contributed by atoms with Gasteiger partial charge in [-0.25, -0.2) is 8.78 Å². The van der Waals surface area contributed by atoms with E-state index in [1.165, 1.54) is 25.4 Å². The molecule has 24 heavy (non-hydrogen) atoms. The van der Waals surface area contributed by atoms with Gasteiger partial charge in [-0.05, 0) is 18.2 Å². The Labute approximate surface area is 141 Å². The molecule has 0 amide bonds. The molecule has 0 saturated heterocycles. The molecule has 0 unspecified atom stereocenters. The van der Waals surface area contributed by atoms with Crippen molar-refractivity contribution >= 4 is 28.2 Å². The Morgan fingerprint density at radius 2 is 1.96 bits per heavy atom. The molecular formula is C17H13ClF2N2O2. The number of pyridine rings is 1.